The number of benzene rings is 1. The highest BCUT2D eigenvalue weighted by molar-refractivity contribution is 7.98. The second-order valence-corrected chi connectivity index (χ2v) is 6.29. The van der Waals surface area contributed by atoms with Crippen LogP contribution in [0, 0.1) is 6.92 Å². The van der Waals surface area contributed by atoms with Gasteiger partial charge in [0.2, 0.25) is 17.6 Å². The van der Waals surface area contributed by atoms with Crippen LogP contribution in [0.15, 0.2) is 51.3 Å². The maximum absolute atomic E-state index is 12.7. The second-order valence-electron chi connectivity index (χ2n) is 5.34. The van der Waals surface area contributed by atoms with Gasteiger partial charge < -0.3 is 4.42 Å². The summed E-state index contributed by atoms with van der Waals surface area (Å²) in [5.41, 5.74) is 0.650. The van der Waals surface area contributed by atoms with Gasteiger partial charge >= 0.3 is 0 Å². The lowest BCUT2D eigenvalue weighted by molar-refractivity contribution is 0.485. The molecule has 4 rings (SSSR count). The Labute approximate surface area is 146 Å². The molecule has 0 aliphatic rings. The Morgan fingerprint density at radius 1 is 1.24 bits per heavy atom. The minimum absolute atomic E-state index is 0.112. The van der Waals surface area contributed by atoms with Gasteiger partial charge in [0.1, 0.15) is 0 Å². The van der Waals surface area contributed by atoms with Crippen LogP contribution >= 0.6 is 11.8 Å². The lowest BCUT2D eigenvalue weighted by Gasteiger charge is -2.09. The smallest absolute Gasteiger partial charge is 0.263 e. The first kappa shape index (κ1) is 15.6. The third-order valence-electron chi connectivity index (χ3n) is 3.68. The molecule has 4 aromatic rings. The minimum atomic E-state index is -0.112. The van der Waals surface area contributed by atoms with Gasteiger partial charge in [-0.2, -0.15) is 0 Å². The van der Waals surface area contributed by atoms with Crippen molar-refractivity contribution in [1.29, 1.82) is 0 Å². The van der Waals surface area contributed by atoms with E-state index in [-0.39, 0.29) is 5.56 Å². The zero-order chi connectivity index (χ0) is 17.4. The lowest BCUT2D eigenvalue weighted by atomic mass is 10.2. The molecule has 0 amide bonds. The highest BCUT2D eigenvalue weighted by Gasteiger charge is 2.16. The highest BCUT2D eigenvalue weighted by atomic mass is 32.2. The molecule has 8 nitrogen and oxygen atoms in total. The summed E-state index contributed by atoms with van der Waals surface area (Å²) in [6.07, 6.45) is 1.67. The van der Waals surface area contributed by atoms with Crippen molar-refractivity contribution in [2.45, 2.75) is 24.4 Å². The first-order valence-electron chi connectivity index (χ1n) is 7.58. The van der Waals surface area contributed by atoms with Gasteiger partial charge in [0, 0.05) is 13.5 Å². The minimum Gasteiger partial charge on any atom is -0.425 e. The van der Waals surface area contributed by atoms with Gasteiger partial charge in [-0.25, -0.2) is 0 Å². The molecule has 126 valence electrons. The number of rotatable bonds is 5. The maximum atomic E-state index is 12.7. The zero-order valence-electron chi connectivity index (χ0n) is 13.4. The molecular weight excluding hydrogens is 340 g/mol. The fourth-order valence-corrected chi connectivity index (χ4v) is 3.42. The molecule has 1 aromatic carbocycles. The van der Waals surface area contributed by atoms with E-state index in [0.717, 1.165) is 5.52 Å². The van der Waals surface area contributed by atoms with Crippen LogP contribution < -0.4 is 5.56 Å². The molecule has 0 bridgehead atoms. The highest BCUT2D eigenvalue weighted by Crippen LogP contribution is 2.24. The summed E-state index contributed by atoms with van der Waals surface area (Å²) in [4.78, 5) is 12.7. The van der Waals surface area contributed by atoms with Crippen molar-refractivity contribution in [2.75, 3.05) is 0 Å². The Balaban J connectivity index is 1.88. The van der Waals surface area contributed by atoms with Crippen molar-refractivity contribution >= 4 is 28.4 Å². The van der Waals surface area contributed by atoms with Crippen LogP contribution in [0.25, 0.3) is 16.7 Å². The number of hydrogen-bond acceptors (Lipinski definition) is 7. The molecule has 0 fully saturated rings. The molecule has 0 saturated carbocycles. The summed E-state index contributed by atoms with van der Waals surface area (Å²) in [6, 6.07) is 7.40. The van der Waals surface area contributed by atoms with Crippen LogP contribution in [0.4, 0.5) is 0 Å². The van der Waals surface area contributed by atoms with E-state index in [1.54, 1.807) is 23.6 Å². The standard InChI is InChI=1S/C16H14N6O2S/c1-3-8-21-14(23)11-6-4-5-7-12(11)22-15(21)19-20-16(22)25-9-13-18-17-10(2)24-13/h3-7H,1,8-9H2,2H3. The summed E-state index contributed by atoms with van der Waals surface area (Å²) < 4.78 is 8.82. The third-order valence-corrected chi connectivity index (χ3v) is 4.60. The van der Waals surface area contributed by atoms with Crippen LogP contribution in [0.5, 0.6) is 0 Å². The molecular formula is C16H14N6O2S. The largest absolute Gasteiger partial charge is 0.425 e. The Hall–Kier alpha value is -2.94. The molecule has 0 atom stereocenters. The molecule has 3 heterocycles. The predicted octanol–water partition coefficient (Wildman–Crippen LogP) is 2.21. The Kier molecular flexibility index (Phi) is 3.85. The number of thioether (sulfide) groups is 1. The molecule has 25 heavy (non-hydrogen) atoms. The van der Waals surface area contributed by atoms with E-state index in [4.69, 9.17) is 4.42 Å². The number of allylic oxidation sites excluding steroid dienone is 1. The average Bonchev–Trinajstić information content (AvgIpc) is 3.23. The molecule has 0 spiro atoms. The molecule has 0 aliphatic carbocycles. The van der Waals surface area contributed by atoms with Crippen LogP contribution in [0.3, 0.4) is 0 Å². The predicted molar refractivity (Wildman–Crippen MR) is 93.5 cm³/mol. The Morgan fingerprint density at radius 2 is 2.08 bits per heavy atom. The van der Waals surface area contributed by atoms with Crippen LogP contribution in [-0.2, 0) is 12.3 Å². The first-order chi connectivity index (χ1) is 12.2. The van der Waals surface area contributed by atoms with Crippen molar-refractivity contribution in [3.63, 3.8) is 0 Å². The van der Waals surface area contributed by atoms with Gasteiger partial charge in [0.05, 0.1) is 16.7 Å². The maximum Gasteiger partial charge on any atom is 0.263 e. The number of nitrogens with zero attached hydrogens (tertiary/aromatic N) is 6. The normalized spacial score (nSPS) is 11.4. The number of hydrogen-bond donors (Lipinski definition) is 0. The molecule has 0 N–H and O–H groups in total. The first-order valence-corrected chi connectivity index (χ1v) is 8.57. The summed E-state index contributed by atoms with van der Waals surface area (Å²) in [6.45, 7) is 5.82. The monoisotopic (exact) mass is 354 g/mol. The molecule has 0 saturated heterocycles. The van der Waals surface area contributed by atoms with Gasteiger partial charge in [-0.05, 0) is 12.1 Å². The summed E-state index contributed by atoms with van der Waals surface area (Å²) >= 11 is 1.42. The quantitative estimate of drug-likeness (QED) is 0.401. The Bertz CT molecular complexity index is 1140. The van der Waals surface area contributed by atoms with Crippen molar-refractivity contribution < 1.29 is 4.42 Å². The molecule has 0 unspecified atom stereocenters. The van der Waals surface area contributed by atoms with E-state index in [2.05, 4.69) is 27.0 Å². The molecule has 9 heteroatoms. The van der Waals surface area contributed by atoms with Crippen molar-refractivity contribution in [1.82, 2.24) is 29.4 Å². The van der Waals surface area contributed by atoms with Gasteiger partial charge in [0.25, 0.3) is 5.56 Å². The van der Waals surface area contributed by atoms with Crippen molar-refractivity contribution in [3.05, 3.63) is 59.1 Å². The van der Waals surface area contributed by atoms with Gasteiger partial charge in [0.15, 0.2) is 5.16 Å². The van der Waals surface area contributed by atoms with Crippen LogP contribution in [0.2, 0.25) is 0 Å². The zero-order valence-corrected chi connectivity index (χ0v) is 14.2. The molecule has 0 radical (unpaired) electrons. The number of para-hydroxylation sites is 1. The Morgan fingerprint density at radius 3 is 2.84 bits per heavy atom. The number of aromatic nitrogens is 6. The fourth-order valence-electron chi connectivity index (χ4n) is 2.64. The van der Waals surface area contributed by atoms with E-state index >= 15 is 0 Å². The van der Waals surface area contributed by atoms with Crippen molar-refractivity contribution in [3.8, 4) is 0 Å². The summed E-state index contributed by atoms with van der Waals surface area (Å²) in [5, 5.41) is 17.5. The number of aryl methyl sites for hydroxylation is 1. The van der Waals surface area contributed by atoms with E-state index in [0.29, 0.717) is 40.4 Å². The van der Waals surface area contributed by atoms with E-state index in [9.17, 15) is 4.79 Å². The van der Waals surface area contributed by atoms with Gasteiger partial charge in [-0.3, -0.25) is 13.8 Å². The average molecular weight is 354 g/mol. The molecule has 0 aliphatic heterocycles. The lowest BCUT2D eigenvalue weighted by Crippen LogP contribution is -2.22. The topological polar surface area (TPSA) is 91.1 Å². The second kappa shape index (κ2) is 6.17. The fraction of sp³-hybridized carbons (Fsp3) is 0.188. The summed E-state index contributed by atoms with van der Waals surface area (Å²) in [5.74, 6) is 1.99. The van der Waals surface area contributed by atoms with E-state index < -0.39 is 0 Å². The van der Waals surface area contributed by atoms with E-state index in [1.807, 2.05) is 22.6 Å². The molecule has 3 aromatic heterocycles. The third kappa shape index (κ3) is 2.62. The summed E-state index contributed by atoms with van der Waals surface area (Å²) in [7, 11) is 0. The van der Waals surface area contributed by atoms with Gasteiger partial charge in [-0.15, -0.1) is 27.0 Å². The van der Waals surface area contributed by atoms with Gasteiger partial charge in [-0.1, -0.05) is 30.0 Å². The van der Waals surface area contributed by atoms with E-state index in [1.165, 1.54) is 11.8 Å². The number of fused-ring (bicyclic) bond motifs is 3. The van der Waals surface area contributed by atoms with Crippen LogP contribution in [0.1, 0.15) is 11.8 Å². The van der Waals surface area contributed by atoms with Crippen molar-refractivity contribution in [2.24, 2.45) is 0 Å². The van der Waals surface area contributed by atoms with Crippen LogP contribution in [-0.4, -0.2) is 29.4 Å². The SMILES string of the molecule is C=CCn1c(=O)c2ccccc2n2c(SCc3nnc(C)o3)nnc12.